The summed E-state index contributed by atoms with van der Waals surface area (Å²) in [6, 6.07) is 0. The summed E-state index contributed by atoms with van der Waals surface area (Å²) in [5.41, 5.74) is 0. The maximum Gasteiger partial charge on any atom is 0.191 e. The lowest BCUT2D eigenvalue weighted by atomic mass is 9.94. The van der Waals surface area contributed by atoms with Gasteiger partial charge >= 0.3 is 0 Å². The molecule has 0 bridgehead atoms. The Bertz CT molecular complexity index is 328. The average molecular weight is 323 g/mol. The fourth-order valence-corrected chi connectivity index (χ4v) is 3.96. The first-order valence-corrected chi connectivity index (χ1v) is 9.98. The second-order valence-corrected chi connectivity index (χ2v) is 7.52. The average Bonchev–Trinajstić information content (AvgIpc) is 3.07. The standard InChI is InChI=1S/C19H38N4/c1-3-20-19(21-13-6-9-17-7-4-5-8-17)22-14-10-18-11-15-23(2)16-12-18/h17-18H,3-16H2,1-2H3,(H2,20,21,22). The van der Waals surface area contributed by atoms with Crippen LogP contribution in [0.25, 0.3) is 0 Å². The van der Waals surface area contributed by atoms with Gasteiger partial charge in [0.15, 0.2) is 5.96 Å². The summed E-state index contributed by atoms with van der Waals surface area (Å²) in [6.07, 6.45) is 12.4. The van der Waals surface area contributed by atoms with E-state index in [1.807, 2.05) is 0 Å². The van der Waals surface area contributed by atoms with Crippen LogP contribution in [-0.4, -0.2) is 50.6 Å². The molecule has 4 heteroatoms. The summed E-state index contributed by atoms with van der Waals surface area (Å²) in [5.74, 6) is 2.90. The van der Waals surface area contributed by atoms with Gasteiger partial charge in [0, 0.05) is 19.6 Å². The van der Waals surface area contributed by atoms with Crippen molar-refractivity contribution in [1.29, 1.82) is 0 Å². The van der Waals surface area contributed by atoms with Gasteiger partial charge in [0.2, 0.25) is 0 Å². The Morgan fingerprint density at radius 2 is 1.70 bits per heavy atom. The molecule has 0 aromatic rings. The van der Waals surface area contributed by atoms with E-state index in [1.54, 1.807) is 0 Å². The first-order valence-electron chi connectivity index (χ1n) is 9.98. The summed E-state index contributed by atoms with van der Waals surface area (Å²) in [5, 5.41) is 6.92. The minimum absolute atomic E-state index is 0.893. The Kier molecular flexibility index (Phi) is 8.80. The van der Waals surface area contributed by atoms with Crippen molar-refractivity contribution in [3.63, 3.8) is 0 Å². The van der Waals surface area contributed by atoms with Crippen molar-refractivity contribution in [3.8, 4) is 0 Å². The summed E-state index contributed by atoms with van der Waals surface area (Å²) in [6.45, 7) is 7.65. The summed E-state index contributed by atoms with van der Waals surface area (Å²) in [7, 11) is 2.23. The van der Waals surface area contributed by atoms with Gasteiger partial charge in [-0.1, -0.05) is 25.7 Å². The van der Waals surface area contributed by atoms with Crippen LogP contribution in [0.4, 0.5) is 0 Å². The molecule has 134 valence electrons. The fraction of sp³-hybridized carbons (Fsp3) is 0.947. The number of hydrogen-bond acceptors (Lipinski definition) is 2. The highest BCUT2D eigenvalue weighted by molar-refractivity contribution is 5.79. The number of aliphatic imine (C=N–C) groups is 1. The highest BCUT2D eigenvalue weighted by Gasteiger charge is 2.16. The predicted molar refractivity (Wildman–Crippen MR) is 100 cm³/mol. The topological polar surface area (TPSA) is 39.7 Å². The van der Waals surface area contributed by atoms with Crippen molar-refractivity contribution in [3.05, 3.63) is 0 Å². The number of hydrogen-bond donors (Lipinski definition) is 2. The molecule has 0 unspecified atom stereocenters. The maximum absolute atomic E-state index is 4.76. The Morgan fingerprint density at radius 3 is 2.39 bits per heavy atom. The van der Waals surface area contributed by atoms with Crippen molar-refractivity contribution in [1.82, 2.24) is 15.5 Å². The molecule has 1 aliphatic heterocycles. The van der Waals surface area contributed by atoms with Crippen LogP contribution in [0.15, 0.2) is 4.99 Å². The lowest BCUT2D eigenvalue weighted by Crippen LogP contribution is -2.39. The molecule has 1 aliphatic carbocycles. The molecule has 23 heavy (non-hydrogen) atoms. The van der Waals surface area contributed by atoms with Crippen molar-refractivity contribution in [2.75, 3.05) is 39.8 Å². The van der Waals surface area contributed by atoms with Crippen LogP contribution in [-0.2, 0) is 0 Å². The normalized spacial score (nSPS) is 21.7. The molecule has 0 amide bonds. The third-order valence-electron chi connectivity index (χ3n) is 5.54. The third kappa shape index (κ3) is 7.56. The van der Waals surface area contributed by atoms with E-state index in [2.05, 4.69) is 29.5 Å². The van der Waals surface area contributed by atoms with E-state index in [0.717, 1.165) is 37.4 Å². The van der Waals surface area contributed by atoms with Crippen LogP contribution in [0.5, 0.6) is 0 Å². The molecule has 0 atom stereocenters. The minimum Gasteiger partial charge on any atom is -0.357 e. The largest absolute Gasteiger partial charge is 0.357 e. The molecule has 4 nitrogen and oxygen atoms in total. The first-order chi connectivity index (χ1) is 11.3. The summed E-state index contributed by atoms with van der Waals surface area (Å²) >= 11 is 0. The SMILES string of the molecule is CCNC(=NCCCC1CCCC1)NCCC1CCN(C)CC1. The lowest BCUT2D eigenvalue weighted by molar-refractivity contribution is 0.213. The highest BCUT2D eigenvalue weighted by Crippen LogP contribution is 2.28. The monoisotopic (exact) mass is 322 g/mol. The summed E-state index contributed by atoms with van der Waals surface area (Å²) in [4.78, 5) is 7.20. The number of nitrogens with one attached hydrogen (secondary N) is 2. The number of guanidine groups is 1. The minimum atomic E-state index is 0.893. The Hall–Kier alpha value is -0.770. The quantitative estimate of drug-likeness (QED) is 0.409. The molecular weight excluding hydrogens is 284 g/mol. The van der Waals surface area contributed by atoms with Crippen LogP contribution >= 0.6 is 0 Å². The number of piperidine rings is 1. The lowest BCUT2D eigenvalue weighted by Gasteiger charge is -2.29. The van der Waals surface area contributed by atoms with Crippen LogP contribution in [0.2, 0.25) is 0 Å². The van der Waals surface area contributed by atoms with Crippen molar-refractivity contribution >= 4 is 5.96 Å². The summed E-state index contributed by atoms with van der Waals surface area (Å²) < 4.78 is 0. The van der Waals surface area contributed by atoms with Gasteiger partial charge in [-0.2, -0.15) is 0 Å². The van der Waals surface area contributed by atoms with Crippen LogP contribution < -0.4 is 10.6 Å². The Labute approximate surface area is 143 Å². The van der Waals surface area contributed by atoms with Gasteiger partial charge in [0.1, 0.15) is 0 Å². The van der Waals surface area contributed by atoms with Gasteiger partial charge in [-0.05, 0) is 71.0 Å². The molecule has 2 rings (SSSR count). The number of rotatable bonds is 8. The van der Waals surface area contributed by atoms with E-state index in [4.69, 9.17) is 4.99 Å². The highest BCUT2D eigenvalue weighted by atomic mass is 15.2. The van der Waals surface area contributed by atoms with Crippen LogP contribution in [0.3, 0.4) is 0 Å². The van der Waals surface area contributed by atoms with E-state index < -0.39 is 0 Å². The van der Waals surface area contributed by atoms with E-state index in [-0.39, 0.29) is 0 Å². The third-order valence-corrected chi connectivity index (χ3v) is 5.54. The first kappa shape index (κ1) is 18.6. The molecule has 2 aliphatic rings. The van der Waals surface area contributed by atoms with E-state index in [1.165, 1.54) is 70.9 Å². The molecule has 0 radical (unpaired) electrons. The van der Waals surface area contributed by atoms with Gasteiger partial charge in [0.05, 0.1) is 0 Å². The fourth-order valence-electron chi connectivity index (χ4n) is 3.96. The van der Waals surface area contributed by atoms with Crippen molar-refractivity contribution in [2.45, 2.75) is 64.7 Å². The maximum atomic E-state index is 4.76. The zero-order chi connectivity index (χ0) is 16.3. The molecule has 1 saturated heterocycles. The van der Waals surface area contributed by atoms with Gasteiger partial charge in [-0.15, -0.1) is 0 Å². The molecule has 0 aromatic heterocycles. The van der Waals surface area contributed by atoms with Crippen molar-refractivity contribution in [2.24, 2.45) is 16.8 Å². The predicted octanol–water partition coefficient (Wildman–Crippen LogP) is 3.24. The molecule has 2 fully saturated rings. The molecule has 2 N–H and O–H groups in total. The molecule has 0 aromatic carbocycles. The number of likely N-dealkylation sites (tertiary alicyclic amines) is 1. The van der Waals surface area contributed by atoms with Crippen LogP contribution in [0.1, 0.15) is 64.7 Å². The zero-order valence-electron chi connectivity index (χ0n) is 15.4. The van der Waals surface area contributed by atoms with Crippen molar-refractivity contribution < 1.29 is 0 Å². The van der Waals surface area contributed by atoms with Crippen LogP contribution in [0, 0.1) is 11.8 Å². The Morgan fingerprint density at radius 1 is 1.00 bits per heavy atom. The van der Waals surface area contributed by atoms with Gasteiger partial charge in [-0.25, -0.2) is 0 Å². The van der Waals surface area contributed by atoms with Gasteiger partial charge in [0.25, 0.3) is 0 Å². The number of nitrogens with zero attached hydrogens (tertiary/aromatic N) is 2. The van der Waals surface area contributed by atoms with E-state index in [0.29, 0.717) is 0 Å². The second-order valence-electron chi connectivity index (χ2n) is 7.52. The zero-order valence-corrected chi connectivity index (χ0v) is 15.4. The smallest absolute Gasteiger partial charge is 0.191 e. The van der Waals surface area contributed by atoms with Gasteiger partial charge in [-0.3, -0.25) is 4.99 Å². The molecule has 0 spiro atoms. The Balaban J connectivity index is 1.58. The van der Waals surface area contributed by atoms with Gasteiger partial charge < -0.3 is 15.5 Å². The molecule has 1 saturated carbocycles. The van der Waals surface area contributed by atoms with E-state index in [9.17, 15) is 0 Å². The molecular formula is C19H38N4. The second kappa shape index (κ2) is 10.9. The van der Waals surface area contributed by atoms with E-state index >= 15 is 0 Å². The molecule has 1 heterocycles.